The van der Waals surface area contributed by atoms with Gasteiger partial charge in [0.05, 0.1) is 5.92 Å². The fraction of sp³-hybridized carbons (Fsp3) is 0.429. The average Bonchev–Trinajstić information content (AvgIpc) is 1.57. The normalized spacial score (nSPS) is 25.1. The van der Waals surface area contributed by atoms with Crippen molar-refractivity contribution in [3.8, 4) is 0 Å². The molecule has 56 valence electrons. The Morgan fingerprint density at radius 3 is 2.40 bits per heavy atom. The first kappa shape index (κ1) is 7.38. The molecule has 0 aromatic carbocycles. The van der Waals surface area contributed by atoms with E-state index in [0.717, 1.165) is 0 Å². The number of alkyl halides is 3. The van der Waals surface area contributed by atoms with Gasteiger partial charge in [-0.25, -0.2) is 0 Å². The van der Waals surface area contributed by atoms with Crippen molar-refractivity contribution < 1.29 is 13.2 Å². The van der Waals surface area contributed by atoms with Crippen LogP contribution in [0.2, 0.25) is 0 Å². The number of allylic oxidation sites excluding steroid dienone is 3. The van der Waals surface area contributed by atoms with E-state index in [1.807, 2.05) is 0 Å². The second kappa shape index (κ2) is 2.15. The zero-order valence-electron chi connectivity index (χ0n) is 5.28. The number of halogens is 3. The van der Waals surface area contributed by atoms with E-state index in [1.165, 1.54) is 12.2 Å². The van der Waals surface area contributed by atoms with E-state index >= 15 is 0 Å². The lowest BCUT2D eigenvalue weighted by molar-refractivity contribution is -0.165. The van der Waals surface area contributed by atoms with Crippen LogP contribution >= 0.6 is 0 Å². The van der Waals surface area contributed by atoms with Crippen LogP contribution in [-0.4, -0.2) is 6.18 Å². The predicted molar refractivity (Wildman–Crippen MR) is 32.4 cm³/mol. The van der Waals surface area contributed by atoms with Gasteiger partial charge in [0.25, 0.3) is 0 Å². The Balaban J connectivity index is 2.54. The minimum Gasteiger partial charge on any atom is -0.170 e. The first-order valence-electron chi connectivity index (χ1n) is 2.94. The maximum atomic E-state index is 11.7. The van der Waals surface area contributed by atoms with E-state index in [0.29, 0.717) is 5.57 Å². The summed E-state index contributed by atoms with van der Waals surface area (Å²) in [6.45, 7) is 3.36. The summed E-state index contributed by atoms with van der Waals surface area (Å²) in [4.78, 5) is 0. The largest absolute Gasteiger partial charge is 0.395 e. The van der Waals surface area contributed by atoms with Crippen LogP contribution in [0.15, 0.2) is 24.3 Å². The van der Waals surface area contributed by atoms with Crippen molar-refractivity contribution in [2.75, 3.05) is 0 Å². The Bertz CT molecular complexity index is 176. The third kappa shape index (κ3) is 1.23. The van der Waals surface area contributed by atoms with Crippen LogP contribution in [0.5, 0.6) is 0 Å². The Morgan fingerprint density at radius 1 is 1.60 bits per heavy atom. The fourth-order valence-electron chi connectivity index (χ4n) is 0.840. The van der Waals surface area contributed by atoms with Crippen molar-refractivity contribution >= 4 is 0 Å². The zero-order chi connectivity index (χ0) is 7.78. The molecule has 0 amide bonds. The van der Waals surface area contributed by atoms with Gasteiger partial charge < -0.3 is 0 Å². The topological polar surface area (TPSA) is 0 Å². The summed E-state index contributed by atoms with van der Waals surface area (Å²) in [5, 5.41) is 0. The van der Waals surface area contributed by atoms with Crippen LogP contribution in [-0.2, 0) is 0 Å². The van der Waals surface area contributed by atoms with Gasteiger partial charge in [-0.15, -0.1) is 0 Å². The molecule has 0 aliphatic heterocycles. The van der Waals surface area contributed by atoms with Crippen LogP contribution in [0.25, 0.3) is 0 Å². The molecule has 10 heavy (non-hydrogen) atoms. The van der Waals surface area contributed by atoms with Gasteiger partial charge in [0.2, 0.25) is 0 Å². The van der Waals surface area contributed by atoms with Gasteiger partial charge in [-0.2, -0.15) is 13.2 Å². The molecule has 1 unspecified atom stereocenters. The molecular weight excluding hydrogens is 141 g/mol. The molecule has 0 saturated heterocycles. The lowest BCUT2D eigenvalue weighted by Crippen LogP contribution is -2.26. The minimum atomic E-state index is -4.05. The second-order valence-corrected chi connectivity index (χ2v) is 2.30. The molecule has 0 saturated carbocycles. The van der Waals surface area contributed by atoms with E-state index in [2.05, 4.69) is 6.58 Å². The van der Waals surface area contributed by atoms with Crippen molar-refractivity contribution in [3.63, 3.8) is 0 Å². The van der Waals surface area contributed by atoms with Crippen LogP contribution in [0.4, 0.5) is 13.2 Å². The second-order valence-electron chi connectivity index (χ2n) is 2.30. The van der Waals surface area contributed by atoms with Gasteiger partial charge in [-0.3, -0.25) is 0 Å². The quantitative estimate of drug-likeness (QED) is 0.536. The van der Waals surface area contributed by atoms with Crippen LogP contribution in [0.1, 0.15) is 6.42 Å². The lowest BCUT2D eigenvalue weighted by Gasteiger charge is -2.25. The maximum Gasteiger partial charge on any atom is 0.395 e. The molecule has 1 rings (SSSR count). The first-order valence-corrected chi connectivity index (χ1v) is 2.94. The molecule has 1 aliphatic carbocycles. The number of hydrogen-bond donors (Lipinski definition) is 0. The standard InChI is InChI=1S/C7H7F3/c1-2-5-3-6(4-5)7(8,9)10/h2-3,6H,1,4H2. The van der Waals surface area contributed by atoms with Gasteiger partial charge in [0.1, 0.15) is 0 Å². The fourth-order valence-corrected chi connectivity index (χ4v) is 0.840. The highest BCUT2D eigenvalue weighted by Crippen LogP contribution is 2.39. The van der Waals surface area contributed by atoms with Crippen LogP contribution < -0.4 is 0 Å². The van der Waals surface area contributed by atoms with Crippen molar-refractivity contribution in [2.45, 2.75) is 12.6 Å². The highest BCUT2D eigenvalue weighted by Gasteiger charge is 2.41. The maximum absolute atomic E-state index is 11.7. The van der Waals surface area contributed by atoms with E-state index in [1.54, 1.807) is 0 Å². The van der Waals surface area contributed by atoms with E-state index in [-0.39, 0.29) is 6.42 Å². The van der Waals surface area contributed by atoms with E-state index in [9.17, 15) is 13.2 Å². The van der Waals surface area contributed by atoms with Gasteiger partial charge in [-0.05, 0) is 6.42 Å². The van der Waals surface area contributed by atoms with Gasteiger partial charge >= 0.3 is 6.18 Å². The SMILES string of the molecule is C=CC1=CC(C(F)(F)F)C1. The molecule has 1 atom stereocenters. The molecule has 0 N–H and O–H groups in total. The molecule has 1 aliphatic rings. The van der Waals surface area contributed by atoms with Crippen LogP contribution in [0, 0.1) is 5.92 Å². The molecule has 0 radical (unpaired) electrons. The summed E-state index contributed by atoms with van der Waals surface area (Å²) in [5.74, 6) is -1.22. The lowest BCUT2D eigenvalue weighted by atomic mass is 9.86. The molecule has 0 bridgehead atoms. The van der Waals surface area contributed by atoms with E-state index < -0.39 is 12.1 Å². The summed E-state index contributed by atoms with van der Waals surface area (Å²) in [5.41, 5.74) is 0.697. The third-order valence-corrected chi connectivity index (χ3v) is 1.55. The smallest absolute Gasteiger partial charge is 0.170 e. The first-order chi connectivity index (χ1) is 4.54. The molecular formula is C7H7F3. The molecule has 0 nitrogen and oxygen atoms in total. The molecule has 0 heterocycles. The van der Waals surface area contributed by atoms with Gasteiger partial charge in [0, 0.05) is 0 Å². The Hall–Kier alpha value is -0.730. The molecule has 0 aromatic rings. The van der Waals surface area contributed by atoms with Gasteiger partial charge in [0.15, 0.2) is 0 Å². The Morgan fingerprint density at radius 2 is 2.10 bits per heavy atom. The van der Waals surface area contributed by atoms with Crippen molar-refractivity contribution in [1.82, 2.24) is 0 Å². The Labute approximate surface area is 57.0 Å². The summed E-state index contributed by atoms with van der Waals surface area (Å²) >= 11 is 0. The highest BCUT2D eigenvalue weighted by molar-refractivity contribution is 5.27. The summed E-state index contributed by atoms with van der Waals surface area (Å²) in [6.07, 6.45) is -1.28. The number of hydrogen-bond acceptors (Lipinski definition) is 0. The van der Waals surface area contributed by atoms with Crippen molar-refractivity contribution in [2.24, 2.45) is 5.92 Å². The molecule has 3 heteroatoms. The van der Waals surface area contributed by atoms with E-state index in [4.69, 9.17) is 0 Å². The molecule has 0 aromatic heterocycles. The Kier molecular flexibility index (Phi) is 1.58. The summed E-state index contributed by atoms with van der Waals surface area (Å²) in [7, 11) is 0. The van der Waals surface area contributed by atoms with Crippen molar-refractivity contribution in [1.29, 1.82) is 0 Å². The van der Waals surface area contributed by atoms with Gasteiger partial charge in [-0.1, -0.05) is 24.3 Å². The van der Waals surface area contributed by atoms with Crippen LogP contribution in [0.3, 0.4) is 0 Å². The minimum absolute atomic E-state index is 0.104. The third-order valence-electron chi connectivity index (χ3n) is 1.55. The van der Waals surface area contributed by atoms with Crippen molar-refractivity contribution in [3.05, 3.63) is 24.3 Å². The summed E-state index contributed by atoms with van der Waals surface area (Å²) in [6, 6.07) is 0. The average molecular weight is 148 g/mol. The summed E-state index contributed by atoms with van der Waals surface area (Å²) < 4.78 is 35.2. The monoisotopic (exact) mass is 148 g/mol. The number of rotatable bonds is 1. The highest BCUT2D eigenvalue weighted by atomic mass is 19.4. The zero-order valence-corrected chi connectivity index (χ0v) is 5.28. The predicted octanol–water partition coefficient (Wildman–Crippen LogP) is 2.68. The molecule has 0 fully saturated rings. The molecule has 0 spiro atoms.